The summed E-state index contributed by atoms with van der Waals surface area (Å²) in [6, 6.07) is 0. The third-order valence-electron chi connectivity index (χ3n) is 2.80. The quantitative estimate of drug-likeness (QED) is 0.781. The van der Waals surface area contributed by atoms with E-state index in [0.29, 0.717) is 24.1 Å². The molecule has 0 bridgehead atoms. The molecular weight excluding hydrogens is 262 g/mol. The number of halogens is 1. The Balaban J connectivity index is 2.66. The van der Waals surface area contributed by atoms with Crippen LogP contribution in [0.2, 0.25) is 5.02 Å². The van der Waals surface area contributed by atoms with E-state index in [1.165, 1.54) is 4.68 Å². The maximum absolute atomic E-state index is 12.0. The highest BCUT2D eigenvalue weighted by Crippen LogP contribution is 2.16. The standard InChI is InChI=1S/C14H24ClN3O/c1-10(2)6-5-7-16-12-8-17-18(9-11(3)4)14(19)13(12)15/h8,10-11,16H,5-7,9H2,1-4H3. The minimum Gasteiger partial charge on any atom is -0.382 e. The van der Waals surface area contributed by atoms with Crippen LogP contribution in [0, 0.1) is 11.8 Å². The van der Waals surface area contributed by atoms with Crippen LogP contribution in [0.3, 0.4) is 0 Å². The summed E-state index contributed by atoms with van der Waals surface area (Å²) in [5.41, 5.74) is 0.416. The van der Waals surface area contributed by atoms with Crippen LogP contribution < -0.4 is 10.9 Å². The largest absolute Gasteiger partial charge is 0.382 e. The molecule has 0 spiro atoms. The molecule has 0 saturated heterocycles. The van der Waals surface area contributed by atoms with Gasteiger partial charge in [-0.25, -0.2) is 4.68 Å². The Morgan fingerprint density at radius 1 is 1.32 bits per heavy atom. The van der Waals surface area contributed by atoms with Gasteiger partial charge in [-0.1, -0.05) is 39.3 Å². The maximum atomic E-state index is 12.0. The molecule has 0 saturated carbocycles. The first-order valence-electron chi connectivity index (χ1n) is 6.91. The smallest absolute Gasteiger partial charge is 0.287 e. The van der Waals surface area contributed by atoms with Crippen molar-refractivity contribution in [2.75, 3.05) is 11.9 Å². The monoisotopic (exact) mass is 285 g/mol. The lowest BCUT2D eigenvalue weighted by Gasteiger charge is -2.12. The zero-order valence-corrected chi connectivity index (χ0v) is 13.0. The van der Waals surface area contributed by atoms with Crippen molar-refractivity contribution < 1.29 is 0 Å². The second-order valence-corrected chi connectivity index (χ2v) is 6.09. The molecule has 0 radical (unpaired) electrons. The van der Waals surface area contributed by atoms with E-state index < -0.39 is 0 Å². The molecule has 0 aromatic carbocycles. The molecule has 0 atom stereocenters. The summed E-state index contributed by atoms with van der Waals surface area (Å²) in [7, 11) is 0. The topological polar surface area (TPSA) is 46.9 Å². The van der Waals surface area contributed by atoms with E-state index in [1.807, 2.05) is 13.8 Å². The highest BCUT2D eigenvalue weighted by molar-refractivity contribution is 6.32. The van der Waals surface area contributed by atoms with Crippen LogP contribution in [0.5, 0.6) is 0 Å². The molecule has 5 heteroatoms. The summed E-state index contributed by atoms with van der Waals surface area (Å²) < 4.78 is 1.42. The highest BCUT2D eigenvalue weighted by atomic mass is 35.5. The van der Waals surface area contributed by atoms with Crippen molar-refractivity contribution in [3.05, 3.63) is 21.6 Å². The highest BCUT2D eigenvalue weighted by Gasteiger charge is 2.09. The van der Waals surface area contributed by atoms with E-state index in [-0.39, 0.29) is 10.6 Å². The van der Waals surface area contributed by atoms with Crippen LogP contribution in [0.15, 0.2) is 11.0 Å². The number of hydrogen-bond donors (Lipinski definition) is 1. The van der Waals surface area contributed by atoms with Crippen molar-refractivity contribution in [1.29, 1.82) is 0 Å². The molecule has 1 rings (SSSR count). The maximum Gasteiger partial charge on any atom is 0.287 e. The average molecular weight is 286 g/mol. The van der Waals surface area contributed by atoms with Gasteiger partial charge in [-0.2, -0.15) is 5.10 Å². The molecule has 19 heavy (non-hydrogen) atoms. The van der Waals surface area contributed by atoms with Gasteiger partial charge in [0.25, 0.3) is 5.56 Å². The van der Waals surface area contributed by atoms with Gasteiger partial charge in [0.15, 0.2) is 0 Å². The lowest BCUT2D eigenvalue weighted by molar-refractivity contribution is 0.464. The lowest BCUT2D eigenvalue weighted by Crippen LogP contribution is -2.26. The second kappa shape index (κ2) is 7.53. The van der Waals surface area contributed by atoms with Gasteiger partial charge in [-0.05, 0) is 24.7 Å². The van der Waals surface area contributed by atoms with Crippen LogP contribution in [-0.4, -0.2) is 16.3 Å². The minimum absolute atomic E-state index is 0.218. The van der Waals surface area contributed by atoms with Gasteiger partial charge in [-0.15, -0.1) is 0 Å². The van der Waals surface area contributed by atoms with Gasteiger partial charge in [0.05, 0.1) is 11.9 Å². The van der Waals surface area contributed by atoms with E-state index in [4.69, 9.17) is 11.6 Å². The van der Waals surface area contributed by atoms with Gasteiger partial charge in [0.2, 0.25) is 0 Å². The van der Waals surface area contributed by atoms with Crippen molar-refractivity contribution in [2.45, 2.75) is 47.1 Å². The molecule has 0 fully saturated rings. The number of aromatic nitrogens is 2. The zero-order chi connectivity index (χ0) is 14.4. The number of anilines is 1. The molecule has 1 heterocycles. The number of nitrogens with zero attached hydrogens (tertiary/aromatic N) is 2. The van der Waals surface area contributed by atoms with E-state index in [9.17, 15) is 4.79 Å². The van der Waals surface area contributed by atoms with Gasteiger partial charge in [0, 0.05) is 13.1 Å². The van der Waals surface area contributed by atoms with Crippen molar-refractivity contribution in [3.8, 4) is 0 Å². The number of hydrogen-bond acceptors (Lipinski definition) is 3. The molecule has 0 aliphatic carbocycles. The third-order valence-corrected chi connectivity index (χ3v) is 3.16. The third kappa shape index (κ3) is 5.23. The summed E-state index contributed by atoms with van der Waals surface area (Å²) in [6.45, 7) is 9.88. The normalized spacial score (nSPS) is 11.3. The van der Waals surface area contributed by atoms with Crippen molar-refractivity contribution in [3.63, 3.8) is 0 Å². The molecule has 0 aliphatic rings. The molecule has 108 valence electrons. The predicted molar refractivity (Wildman–Crippen MR) is 80.9 cm³/mol. The Morgan fingerprint density at radius 3 is 2.58 bits per heavy atom. The van der Waals surface area contributed by atoms with Crippen LogP contribution >= 0.6 is 11.6 Å². The lowest BCUT2D eigenvalue weighted by atomic mass is 10.1. The molecule has 0 amide bonds. The second-order valence-electron chi connectivity index (χ2n) is 5.72. The van der Waals surface area contributed by atoms with E-state index in [0.717, 1.165) is 19.4 Å². The Hall–Kier alpha value is -1.03. The zero-order valence-electron chi connectivity index (χ0n) is 12.2. The van der Waals surface area contributed by atoms with Crippen molar-refractivity contribution >= 4 is 17.3 Å². The summed E-state index contributed by atoms with van der Waals surface area (Å²) in [6.07, 6.45) is 3.85. The van der Waals surface area contributed by atoms with Crippen LogP contribution in [0.4, 0.5) is 5.69 Å². The van der Waals surface area contributed by atoms with E-state index in [1.54, 1.807) is 6.20 Å². The van der Waals surface area contributed by atoms with Crippen molar-refractivity contribution in [2.24, 2.45) is 11.8 Å². The number of rotatable bonds is 7. The summed E-state index contributed by atoms with van der Waals surface area (Å²) in [5, 5.41) is 7.57. The molecule has 1 N–H and O–H groups in total. The number of nitrogens with one attached hydrogen (secondary N) is 1. The van der Waals surface area contributed by atoms with Gasteiger partial charge < -0.3 is 5.32 Å². The Bertz CT molecular complexity index is 454. The molecular formula is C14H24ClN3O. The van der Waals surface area contributed by atoms with Crippen LogP contribution in [0.25, 0.3) is 0 Å². The van der Waals surface area contributed by atoms with Crippen molar-refractivity contribution in [1.82, 2.24) is 9.78 Å². The van der Waals surface area contributed by atoms with Gasteiger partial charge >= 0.3 is 0 Å². The first-order valence-corrected chi connectivity index (χ1v) is 7.29. The fraction of sp³-hybridized carbons (Fsp3) is 0.714. The fourth-order valence-corrected chi connectivity index (χ4v) is 2.01. The van der Waals surface area contributed by atoms with Crippen LogP contribution in [-0.2, 0) is 6.54 Å². The van der Waals surface area contributed by atoms with E-state index in [2.05, 4.69) is 24.3 Å². The minimum atomic E-state index is -0.218. The Labute approximate surface area is 120 Å². The Morgan fingerprint density at radius 2 is 2.00 bits per heavy atom. The van der Waals surface area contributed by atoms with Crippen LogP contribution in [0.1, 0.15) is 40.5 Å². The molecule has 4 nitrogen and oxygen atoms in total. The van der Waals surface area contributed by atoms with Gasteiger partial charge in [0.1, 0.15) is 5.02 Å². The van der Waals surface area contributed by atoms with Gasteiger partial charge in [-0.3, -0.25) is 4.79 Å². The first-order chi connectivity index (χ1) is 8.91. The summed E-state index contributed by atoms with van der Waals surface area (Å²) >= 11 is 6.09. The molecule has 1 aromatic heterocycles. The summed E-state index contributed by atoms with van der Waals surface area (Å²) in [5.74, 6) is 1.06. The first kappa shape index (κ1) is 16.0. The fourth-order valence-electron chi connectivity index (χ4n) is 1.80. The SMILES string of the molecule is CC(C)CCCNc1cnn(CC(C)C)c(=O)c1Cl. The predicted octanol–water partition coefficient (Wildman–Crippen LogP) is 3.40. The summed E-state index contributed by atoms with van der Waals surface area (Å²) in [4.78, 5) is 12.0. The average Bonchev–Trinajstić information content (AvgIpc) is 2.32. The molecule has 1 aromatic rings. The molecule has 0 unspecified atom stereocenters. The molecule has 0 aliphatic heterocycles. The van der Waals surface area contributed by atoms with E-state index >= 15 is 0 Å². The Kier molecular flexibility index (Phi) is 6.35.